The fourth-order valence-electron chi connectivity index (χ4n) is 3.29. The second-order valence-electron chi connectivity index (χ2n) is 8.22. The third kappa shape index (κ3) is 4.84. The van der Waals surface area contributed by atoms with Crippen LogP contribution in [0.25, 0.3) is 0 Å². The average Bonchev–Trinajstić information content (AvgIpc) is 3.06. The summed E-state index contributed by atoms with van der Waals surface area (Å²) < 4.78 is 11.3. The van der Waals surface area contributed by atoms with Crippen LogP contribution in [0.15, 0.2) is 30.3 Å². The van der Waals surface area contributed by atoms with E-state index in [0.717, 1.165) is 12.2 Å². The Morgan fingerprint density at radius 2 is 1.74 bits per heavy atom. The van der Waals surface area contributed by atoms with Crippen molar-refractivity contribution < 1.29 is 19.1 Å². The highest BCUT2D eigenvalue weighted by Gasteiger charge is 2.38. The number of benzene rings is 1. The highest BCUT2D eigenvalue weighted by Crippen LogP contribution is 2.22. The average molecular weight is 375 g/mol. The molecule has 0 N–H and O–H groups in total. The van der Waals surface area contributed by atoms with Gasteiger partial charge in [0, 0.05) is 20.1 Å². The maximum absolute atomic E-state index is 12.7. The van der Waals surface area contributed by atoms with Crippen LogP contribution in [0, 0.1) is 0 Å². The molecule has 2 saturated heterocycles. The molecule has 2 heterocycles. The first-order chi connectivity index (χ1) is 12.7. The molecule has 7 nitrogen and oxygen atoms in total. The van der Waals surface area contributed by atoms with Crippen molar-refractivity contribution in [3.63, 3.8) is 0 Å². The molecule has 0 saturated carbocycles. The van der Waals surface area contributed by atoms with Crippen LogP contribution < -0.4 is 4.74 Å². The van der Waals surface area contributed by atoms with Gasteiger partial charge in [-0.3, -0.25) is 0 Å². The molecule has 2 aliphatic rings. The van der Waals surface area contributed by atoms with Crippen LogP contribution in [0.5, 0.6) is 5.75 Å². The summed E-state index contributed by atoms with van der Waals surface area (Å²) in [6.07, 6.45) is 0.483. The van der Waals surface area contributed by atoms with Gasteiger partial charge in [0.2, 0.25) is 0 Å². The highest BCUT2D eigenvalue weighted by atomic mass is 16.6. The van der Waals surface area contributed by atoms with Crippen molar-refractivity contribution in [2.24, 2.45) is 0 Å². The summed E-state index contributed by atoms with van der Waals surface area (Å²) >= 11 is 0. The van der Waals surface area contributed by atoms with Crippen LogP contribution in [0.1, 0.15) is 27.2 Å². The first-order valence-corrected chi connectivity index (χ1v) is 9.44. The van der Waals surface area contributed by atoms with Gasteiger partial charge in [0.25, 0.3) is 0 Å². The SMILES string of the molecule is CN(C(=O)N1CC(Oc2ccccc2)C1)C1CCN(C(=O)OC(C)(C)C)C1. The van der Waals surface area contributed by atoms with Crippen LogP contribution in [0.4, 0.5) is 9.59 Å². The van der Waals surface area contributed by atoms with Crippen LogP contribution >= 0.6 is 0 Å². The van der Waals surface area contributed by atoms with Gasteiger partial charge in [0.15, 0.2) is 0 Å². The van der Waals surface area contributed by atoms with Gasteiger partial charge in [-0.25, -0.2) is 9.59 Å². The number of rotatable bonds is 3. The van der Waals surface area contributed by atoms with Gasteiger partial charge >= 0.3 is 12.1 Å². The van der Waals surface area contributed by atoms with E-state index < -0.39 is 5.60 Å². The summed E-state index contributed by atoms with van der Waals surface area (Å²) in [5, 5.41) is 0. The van der Waals surface area contributed by atoms with Crippen LogP contribution in [0.2, 0.25) is 0 Å². The van der Waals surface area contributed by atoms with E-state index in [0.29, 0.717) is 26.2 Å². The van der Waals surface area contributed by atoms with E-state index in [-0.39, 0.29) is 24.3 Å². The first kappa shape index (κ1) is 19.3. The van der Waals surface area contributed by atoms with Crippen molar-refractivity contribution in [1.29, 1.82) is 0 Å². The second kappa shape index (κ2) is 7.66. The number of urea groups is 1. The zero-order valence-electron chi connectivity index (χ0n) is 16.6. The topological polar surface area (TPSA) is 62.3 Å². The third-order valence-electron chi connectivity index (χ3n) is 4.83. The molecule has 3 rings (SSSR count). The van der Waals surface area contributed by atoms with Gasteiger partial charge in [-0.1, -0.05) is 18.2 Å². The fourth-order valence-corrected chi connectivity index (χ4v) is 3.29. The zero-order valence-corrected chi connectivity index (χ0v) is 16.6. The van der Waals surface area contributed by atoms with E-state index in [1.165, 1.54) is 0 Å². The lowest BCUT2D eigenvalue weighted by molar-refractivity contribution is 0.0242. The van der Waals surface area contributed by atoms with Crippen LogP contribution in [-0.4, -0.2) is 77.8 Å². The molecular formula is C20H29N3O4. The number of carbonyl (C=O) groups excluding carboxylic acids is 2. The van der Waals surface area contributed by atoms with E-state index in [2.05, 4.69) is 0 Å². The lowest BCUT2D eigenvalue weighted by Crippen LogP contribution is -2.60. The summed E-state index contributed by atoms with van der Waals surface area (Å²) in [6, 6.07) is 9.64. The van der Waals surface area contributed by atoms with Gasteiger partial charge < -0.3 is 24.2 Å². The van der Waals surface area contributed by atoms with Crippen molar-refractivity contribution >= 4 is 12.1 Å². The lowest BCUT2D eigenvalue weighted by Gasteiger charge is -2.42. The summed E-state index contributed by atoms with van der Waals surface area (Å²) in [7, 11) is 1.80. The summed E-state index contributed by atoms with van der Waals surface area (Å²) in [4.78, 5) is 30.1. The normalized spacial score (nSPS) is 20.2. The zero-order chi connectivity index (χ0) is 19.6. The number of ether oxygens (including phenoxy) is 2. The van der Waals surface area contributed by atoms with Gasteiger partial charge in [-0.05, 0) is 39.3 Å². The Morgan fingerprint density at radius 3 is 2.37 bits per heavy atom. The third-order valence-corrected chi connectivity index (χ3v) is 4.83. The second-order valence-corrected chi connectivity index (χ2v) is 8.22. The largest absolute Gasteiger partial charge is 0.487 e. The molecule has 0 radical (unpaired) electrons. The van der Waals surface area contributed by atoms with Crippen molar-refractivity contribution in [2.45, 2.75) is 44.9 Å². The molecule has 1 unspecified atom stereocenters. The Balaban J connectivity index is 1.44. The standard InChI is InChI=1S/C20H29N3O4/c1-20(2,3)27-19(25)22-11-10-15(12-22)21(4)18(24)23-13-17(14-23)26-16-8-6-5-7-9-16/h5-9,15,17H,10-14H2,1-4H3. The predicted octanol–water partition coefficient (Wildman–Crippen LogP) is 2.81. The van der Waals surface area contributed by atoms with E-state index in [1.807, 2.05) is 51.1 Å². The number of para-hydroxylation sites is 1. The van der Waals surface area contributed by atoms with E-state index in [9.17, 15) is 9.59 Å². The fraction of sp³-hybridized carbons (Fsp3) is 0.600. The number of carbonyl (C=O) groups is 2. The van der Waals surface area contributed by atoms with Crippen molar-refractivity contribution in [1.82, 2.24) is 14.7 Å². The molecule has 0 aromatic heterocycles. The van der Waals surface area contributed by atoms with Gasteiger partial charge in [-0.2, -0.15) is 0 Å². The number of hydrogen-bond acceptors (Lipinski definition) is 4. The number of nitrogens with zero attached hydrogens (tertiary/aromatic N) is 3. The molecule has 2 fully saturated rings. The predicted molar refractivity (Wildman–Crippen MR) is 102 cm³/mol. The monoisotopic (exact) mass is 375 g/mol. The Morgan fingerprint density at radius 1 is 1.07 bits per heavy atom. The quantitative estimate of drug-likeness (QED) is 0.815. The minimum atomic E-state index is -0.512. The molecule has 148 valence electrons. The number of likely N-dealkylation sites (tertiary alicyclic amines) is 2. The molecule has 1 aromatic carbocycles. The maximum atomic E-state index is 12.7. The molecule has 27 heavy (non-hydrogen) atoms. The maximum Gasteiger partial charge on any atom is 0.410 e. The first-order valence-electron chi connectivity index (χ1n) is 9.44. The molecule has 1 aromatic rings. The van der Waals surface area contributed by atoms with Gasteiger partial charge in [-0.15, -0.1) is 0 Å². The van der Waals surface area contributed by atoms with Crippen LogP contribution in [0.3, 0.4) is 0 Å². The van der Waals surface area contributed by atoms with Gasteiger partial charge in [0.05, 0.1) is 19.1 Å². The molecule has 3 amide bonds. The molecule has 0 aliphatic carbocycles. The Hall–Kier alpha value is -2.44. The molecule has 7 heteroatoms. The molecule has 2 aliphatic heterocycles. The smallest absolute Gasteiger partial charge is 0.410 e. The highest BCUT2D eigenvalue weighted by molar-refractivity contribution is 5.76. The van der Waals surface area contributed by atoms with E-state index >= 15 is 0 Å². The summed E-state index contributed by atoms with van der Waals surface area (Å²) in [6.45, 7) is 7.84. The summed E-state index contributed by atoms with van der Waals surface area (Å²) in [5.74, 6) is 0.826. The Labute approximate surface area is 160 Å². The molecule has 0 spiro atoms. The number of hydrogen-bond donors (Lipinski definition) is 0. The van der Waals surface area contributed by atoms with Crippen molar-refractivity contribution in [3.05, 3.63) is 30.3 Å². The van der Waals surface area contributed by atoms with E-state index in [4.69, 9.17) is 9.47 Å². The van der Waals surface area contributed by atoms with Gasteiger partial charge in [0.1, 0.15) is 17.5 Å². The Kier molecular flexibility index (Phi) is 5.48. The van der Waals surface area contributed by atoms with E-state index in [1.54, 1.807) is 21.7 Å². The number of amides is 3. The van der Waals surface area contributed by atoms with Crippen LogP contribution in [-0.2, 0) is 4.74 Å². The minimum absolute atomic E-state index is 0.0131. The lowest BCUT2D eigenvalue weighted by atomic mass is 10.1. The number of likely N-dealkylation sites (N-methyl/N-ethyl adjacent to an activating group) is 1. The molecule has 0 bridgehead atoms. The minimum Gasteiger partial charge on any atom is -0.487 e. The van der Waals surface area contributed by atoms with Crippen molar-refractivity contribution in [3.8, 4) is 5.75 Å². The Bertz CT molecular complexity index is 668. The molecular weight excluding hydrogens is 346 g/mol. The summed E-state index contributed by atoms with van der Waals surface area (Å²) in [5.41, 5.74) is -0.512. The van der Waals surface area contributed by atoms with Crippen molar-refractivity contribution in [2.75, 3.05) is 33.2 Å². The molecule has 1 atom stereocenters.